The first kappa shape index (κ1) is 14.0. The highest BCUT2D eigenvalue weighted by molar-refractivity contribution is 5.31. The molecular formula is C16H17NO3. The predicted molar refractivity (Wildman–Crippen MR) is 76.7 cm³/mol. The van der Waals surface area contributed by atoms with E-state index in [9.17, 15) is 0 Å². The van der Waals surface area contributed by atoms with Gasteiger partial charge in [0.1, 0.15) is 23.9 Å². The summed E-state index contributed by atoms with van der Waals surface area (Å²) in [5.74, 6) is 8.43. The molecule has 1 heterocycles. The van der Waals surface area contributed by atoms with Crippen LogP contribution in [0.1, 0.15) is 5.76 Å². The van der Waals surface area contributed by atoms with E-state index in [1.807, 2.05) is 36.4 Å². The van der Waals surface area contributed by atoms with Crippen LogP contribution >= 0.6 is 0 Å². The van der Waals surface area contributed by atoms with Gasteiger partial charge in [0.05, 0.1) is 26.5 Å². The molecule has 2 aromatic rings. The third kappa shape index (κ3) is 4.71. The normalized spacial score (nSPS) is 9.65. The van der Waals surface area contributed by atoms with Gasteiger partial charge in [0.25, 0.3) is 0 Å². The minimum atomic E-state index is 0.370. The van der Waals surface area contributed by atoms with Crippen LogP contribution in [-0.2, 0) is 6.54 Å². The molecule has 0 bridgehead atoms. The molecule has 0 aliphatic carbocycles. The van der Waals surface area contributed by atoms with Gasteiger partial charge in [0.2, 0.25) is 0 Å². The Bertz CT molecular complexity index is 550. The quantitative estimate of drug-likeness (QED) is 0.647. The maximum atomic E-state index is 5.48. The molecule has 0 unspecified atom stereocenters. The molecule has 0 spiro atoms. The first-order valence-electron chi connectivity index (χ1n) is 6.34. The van der Waals surface area contributed by atoms with Crippen molar-refractivity contribution in [3.63, 3.8) is 0 Å². The van der Waals surface area contributed by atoms with E-state index in [2.05, 4.69) is 17.2 Å². The molecule has 0 amide bonds. The van der Waals surface area contributed by atoms with Crippen LogP contribution < -0.4 is 14.8 Å². The number of methoxy groups -OCH3 is 1. The highest BCUT2D eigenvalue weighted by Crippen LogP contribution is 2.16. The first-order chi connectivity index (χ1) is 9.88. The molecule has 20 heavy (non-hydrogen) atoms. The second kappa shape index (κ2) is 7.93. The van der Waals surface area contributed by atoms with Gasteiger partial charge in [-0.1, -0.05) is 11.8 Å². The van der Waals surface area contributed by atoms with E-state index in [-0.39, 0.29) is 0 Å². The third-order valence-electron chi connectivity index (χ3n) is 2.59. The van der Waals surface area contributed by atoms with Crippen LogP contribution in [0, 0.1) is 11.8 Å². The Morgan fingerprint density at radius 2 is 1.90 bits per heavy atom. The summed E-state index contributed by atoms with van der Waals surface area (Å²) in [4.78, 5) is 0. The zero-order valence-electron chi connectivity index (χ0n) is 11.4. The average molecular weight is 271 g/mol. The molecule has 1 N–H and O–H groups in total. The number of rotatable bonds is 6. The molecule has 2 rings (SSSR count). The Kier molecular flexibility index (Phi) is 5.56. The molecular weight excluding hydrogens is 254 g/mol. The van der Waals surface area contributed by atoms with Crippen LogP contribution in [0.25, 0.3) is 0 Å². The van der Waals surface area contributed by atoms with Crippen molar-refractivity contribution in [2.75, 3.05) is 20.3 Å². The topological polar surface area (TPSA) is 43.6 Å². The third-order valence-corrected chi connectivity index (χ3v) is 2.59. The fourth-order valence-electron chi connectivity index (χ4n) is 1.57. The molecule has 1 aromatic carbocycles. The Balaban J connectivity index is 1.61. The van der Waals surface area contributed by atoms with Crippen LogP contribution in [0.15, 0.2) is 47.1 Å². The lowest BCUT2D eigenvalue weighted by molar-refractivity contribution is 0.367. The van der Waals surface area contributed by atoms with Gasteiger partial charge >= 0.3 is 0 Å². The Morgan fingerprint density at radius 3 is 2.60 bits per heavy atom. The van der Waals surface area contributed by atoms with Gasteiger partial charge in [0, 0.05) is 0 Å². The van der Waals surface area contributed by atoms with Gasteiger partial charge in [-0.2, -0.15) is 0 Å². The standard InChI is InChI=1S/C16H17NO3/c1-18-14-6-8-15(9-7-14)19-11-3-2-10-17-13-16-5-4-12-20-16/h4-9,12,17H,10-11,13H2,1H3. The Hall–Kier alpha value is -2.38. The summed E-state index contributed by atoms with van der Waals surface area (Å²) < 4.78 is 15.7. The van der Waals surface area contributed by atoms with Gasteiger partial charge in [-0.3, -0.25) is 5.32 Å². The molecule has 104 valence electrons. The number of benzene rings is 1. The predicted octanol–water partition coefficient (Wildman–Crippen LogP) is 2.46. The minimum absolute atomic E-state index is 0.370. The van der Waals surface area contributed by atoms with Crippen LogP contribution in [-0.4, -0.2) is 20.3 Å². The smallest absolute Gasteiger partial charge is 0.149 e. The van der Waals surface area contributed by atoms with Crippen molar-refractivity contribution >= 4 is 0 Å². The van der Waals surface area contributed by atoms with Crippen molar-refractivity contribution in [1.82, 2.24) is 5.32 Å². The van der Waals surface area contributed by atoms with Gasteiger partial charge in [-0.15, -0.1) is 0 Å². The van der Waals surface area contributed by atoms with Crippen LogP contribution in [0.3, 0.4) is 0 Å². The monoisotopic (exact) mass is 271 g/mol. The van der Waals surface area contributed by atoms with Crippen LogP contribution in [0.5, 0.6) is 11.5 Å². The Morgan fingerprint density at radius 1 is 1.10 bits per heavy atom. The first-order valence-corrected chi connectivity index (χ1v) is 6.34. The van der Waals surface area contributed by atoms with E-state index in [0.717, 1.165) is 17.3 Å². The lowest BCUT2D eigenvalue weighted by atomic mass is 10.3. The van der Waals surface area contributed by atoms with E-state index < -0.39 is 0 Å². The number of hydrogen-bond acceptors (Lipinski definition) is 4. The fourth-order valence-corrected chi connectivity index (χ4v) is 1.57. The van der Waals surface area contributed by atoms with E-state index >= 15 is 0 Å². The van der Waals surface area contributed by atoms with Crippen molar-refractivity contribution in [1.29, 1.82) is 0 Å². The summed E-state index contributed by atoms with van der Waals surface area (Å²) >= 11 is 0. The zero-order valence-corrected chi connectivity index (χ0v) is 11.4. The van der Waals surface area contributed by atoms with E-state index in [4.69, 9.17) is 13.9 Å². The van der Waals surface area contributed by atoms with Crippen LogP contribution in [0.2, 0.25) is 0 Å². The number of hydrogen-bond donors (Lipinski definition) is 1. The lowest BCUT2D eigenvalue weighted by Gasteiger charge is -2.03. The summed E-state index contributed by atoms with van der Waals surface area (Å²) in [5.41, 5.74) is 0. The van der Waals surface area contributed by atoms with E-state index in [1.54, 1.807) is 13.4 Å². The van der Waals surface area contributed by atoms with E-state index in [0.29, 0.717) is 19.7 Å². The minimum Gasteiger partial charge on any atom is -0.497 e. The summed E-state index contributed by atoms with van der Waals surface area (Å²) in [7, 11) is 1.64. The lowest BCUT2D eigenvalue weighted by Crippen LogP contribution is -2.12. The van der Waals surface area contributed by atoms with Crippen molar-refractivity contribution in [2.45, 2.75) is 6.54 Å². The summed E-state index contributed by atoms with van der Waals surface area (Å²) in [6.45, 7) is 1.66. The van der Waals surface area contributed by atoms with Crippen molar-refractivity contribution in [2.24, 2.45) is 0 Å². The zero-order chi connectivity index (χ0) is 14.0. The number of furan rings is 1. The molecule has 0 saturated carbocycles. The summed E-state index contributed by atoms with van der Waals surface area (Å²) in [5, 5.41) is 3.16. The second-order valence-corrected chi connectivity index (χ2v) is 4.00. The molecule has 0 aliphatic heterocycles. The van der Waals surface area contributed by atoms with Crippen molar-refractivity contribution in [3.8, 4) is 23.3 Å². The van der Waals surface area contributed by atoms with E-state index in [1.165, 1.54) is 0 Å². The van der Waals surface area contributed by atoms with Gasteiger partial charge in [-0.05, 0) is 36.4 Å². The molecule has 0 atom stereocenters. The molecule has 4 nitrogen and oxygen atoms in total. The maximum Gasteiger partial charge on any atom is 0.149 e. The fraction of sp³-hybridized carbons (Fsp3) is 0.250. The highest BCUT2D eigenvalue weighted by Gasteiger charge is 1.93. The van der Waals surface area contributed by atoms with Crippen molar-refractivity contribution in [3.05, 3.63) is 48.4 Å². The van der Waals surface area contributed by atoms with Crippen molar-refractivity contribution < 1.29 is 13.9 Å². The molecule has 0 fully saturated rings. The molecule has 0 saturated heterocycles. The molecule has 0 radical (unpaired) electrons. The number of nitrogens with one attached hydrogen (secondary N) is 1. The largest absolute Gasteiger partial charge is 0.497 e. The highest BCUT2D eigenvalue weighted by atomic mass is 16.5. The number of ether oxygens (including phenoxy) is 2. The summed E-state index contributed by atoms with van der Waals surface area (Å²) in [6, 6.07) is 11.2. The average Bonchev–Trinajstić information content (AvgIpc) is 3.00. The van der Waals surface area contributed by atoms with Gasteiger partial charge in [-0.25, -0.2) is 0 Å². The van der Waals surface area contributed by atoms with Gasteiger partial charge < -0.3 is 13.9 Å². The SMILES string of the molecule is COc1ccc(OCC#CCNCc2ccco2)cc1. The maximum absolute atomic E-state index is 5.48. The molecule has 1 aromatic heterocycles. The second-order valence-electron chi connectivity index (χ2n) is 4.00. The molecule has 4 heteroatoms. The van der Waals surface area contributed by atoms with Gasteiger partial charge in [0.15, 0.2) is 0 Å². The Labute approximate surface area is 118 Å². The van der Waals surface area contributed by atoms with Crippen LogP contribution in [0.4, 0.5) is 0 Å². The molecule has 0 aliphatic rings. The summed E-state index contributed by atoms with van der Waals surface area (Å²) in [6.07, 6.45) is 1.66.